The summed E-state index contributed by atoms with van der Waals surface area (Å²) in [7, 11) is -3.59. The number of piperazine rings is 1. The zero-order valence-electron chi connectivity index (χ0n) is 10.3. The van der Waals surface area contributed by atoms with E-state index in [9.17, 15) is 13.2 Å². The van der Waals surface area contributed by atoms with Crippen LogP contribution in [0.2, 0.25) is 0 Å². The molecule has 1 rings (SSSR count). The van der Waals surface area contributed by atoms with Crippen LogP contribution in [0.15, 0.2) is 0 Å². The van der Waals surface area contributed by atoms with Crippen molar-refractivity contribution in [2.75, 3.05) is 32.0 Å². The van der Waals surface area contributed by atoms with Gasteiger partial charge in [-0.2, -0.15) is 9.57 Å². The quantitative estimate of drug-likeness (QED) is 0.651. The first-order chi connectivity index (χ1) is 8.51. The molecule has 102 valence electrons. The van der Waals surface area contributed by atoms with Gasteiger partial charge in [-0.15, -0.1) is 0 Å². The molecule has 0 aromatic rings. The first kappa shape index (κ1) is 14.9. The summed E-state index contributed by atoms with van der Waals surface area (Å²) >= 11 is 0. The molecule has 1 heterocycles. The van der Waals surface area contributed by atoms with Gasteiger partial charge < -0.3 is 10.1 Å². The van der Waals surface area contributed by atoms with Crippen molar-refractivity contribution < 1.29 is 17.9 Å². The van der Waals surface area contributed by atoms with Crippen LogP contribution in [0.3, 0.4) is 0 Å². The third kappa shape index (κ3) is 3.94. The highest BCUT2D eigenvalue weighted by molar-refractivity contribution is 7.89. The largest absolute Gasteiger partial charge is 0.466 e. The second-order valence-corrected chi connectivity index (χ2v) is 5.87. The van der Waals surface area contributed by atoms with Crippen LogP contribution in [0.1, 0.15) is 13.3 Å². The molecule has 1 aliphatic heterocycles. The number of carbonyl (C=O) groups excluding carboxylic acids is 1. The molecule has 0 aliphatic carbocycles. The molecule has 18 heavy (non-hydrogen) atoms. The number of rotatable bonds is 5. The van der Waals surface area contributed by atoms with Crippen molar-refractivity contribution in [1.29, 1.82) is 5.26 Å². The van der Waals surface area contributed by atoms with Crippen molar-refractivity contribution in [3.63, 3.8) is 0 Å². The number of nitrogens with one attached hydrogen (secondary N) is 1. The van der Waals surface area contributed by atoms with Gasteiger partial charge in [0.15, 0.2) is 0 Å². The van der Waals surface area contributed by atoms with Crippen LogP contribution in [0.4, 0.5) is 0 Å². The van der Waals surface area contributed by atoms with Crippen LogP contribution in [-0.2, 0) is 19.6 Å². The minimum atomic E-state index is -3.59. The Morgan fingerprint density at radius 2 is 2.33 bits per heavy atom. The smallest absolute Gasteiger partial charge is 0.306 e. The van der Waals surface area contributed by atoms with Crippen molar-refractivity contribution in [2.24, 2.45) is 0 Å². The number of carbonyl (C=O) groups is 1. The number of sulfonamides is 1. The molecule has 0 saturated carbocycles. The Bertz CT molecular complexity index is 429. The maximum Gasteiger partial charge on any atom is 0.306 e. The molecule has 8 heteroatoms. The van der Waals surface area contributed by atoms with Crippen molar-refractivity contribution in [2.45, 2.75) is 19.4 Å². The van der Waals surface area contributed by atoms with Gasteiger partial charge in [-0.3, -0.25) is 4.79 Å². The van der Waals surface area contributed by atoms with E-state index in [4.69, 9.17) is 5.26 Å². The Kier molecular flexibility index (Phi) is 5.53. The number of hydrogen-bond donors (Lipinski definition) is 1. The number of ether oxygens (including phenoxy) is 1. The average molecular weight is 275 g/mol. The van der Waals surface area contributed by atoms with Crippen LogP contribution >= 0.6 is 0 Å². The number of hydrogen-bond acceptors (Lipinski definition) is 6. The Hall–Kier alpha value is -1.17. The first-order valence-corrected chi connectivity index (χ1v) is 7.37. The van der Waals surface area contributed by atoms with Gasteiger partial charge in [0.05, 0.1) is 24.8 Å². The molecule has 0 aromatic carbocycles. The van der Waals surface area contributed by atoms with Gasteiger partial charge in [0.1, 0.15) is 6.04 Å². The lowest BCUT2D eigenvalue weighted by atomic mass is 10.3. The SMILES string of the molecule is CCOC(=O)CCS(=O)(=O)N1CCNCC1C#N. The fourth-order valence-corrected chi connectivity index (χ4v) is 3.23. The molecule has 1 aliphatic rings. The molecule has 7 nitrogen and oxygen atoms in total. The van der Waals surface area contributed by atoms with E-state index in [0.29, 0.717) is 13.1 Å². The van der Waals surface area contributed by atoms with Crippen LogP contribution in [0, 0.1) is 11.3 Å². The molecule has 0 aromatic heterocycles. The van der Waals surface area contributed by atoms with E-state index in [1.165, 1.54) is 0 Å². The Morgan fingerprint density at radius 3 is 2.94 bits per heavy atom. The normalized spacial score (nSPS) is 21.2. The molecule has 1 fully saturated rings. The number of nitrogens with zero attached hydrogens (tertiary/aromatic N) is 2. The summed E-state index contributed by atoms with van der Waals surface area (Å²) in [5, 5.41) is 11.9. The molecule has 0 bridgehead atoms. The lowest BCUT2D eigenvalue weighted by molar-refractivity contribution is -0.142. The fourth-order valence-electron chi connectivity index (χ4n) is 1.69. The predicted octanol–water partition coefficient (Wildman–Crippen LogP) is -0.933. The van der Waals surface area contributed by atoms with E-state index in [1.807, 2.05) is 6.07 Å². The van der Waals surface area contributed by atoms with E-state index in [0.717, 1.165) is 4.31 Å². The minimum absolute atomic E-state index is 0.182. The molecular formula is C10H17N3O4S. The molecule has 0 radical (unpaired) electrons. The highest BCUT2D eigenvalue weighted by Gasteiger charge is 2.32. The minimum Gasteiger partial charge on any atom is -0.466 e. The second-order valence-electron chi connectivity index (χ2n) is 3.83. The predicted molar refractivity (Wildman–Crippen MR) is 64.0 cm³/mol. The van der Waals surface area contributed by atoms with Crippen LogP contribution in [0.5, 0.6) is 0 Å². The summed E-state index contributed by atoms with van der Waals surface area (Å²) in [6, 6.07) is 1.24. The summed E-state index contributed by atoms with van der Waals surface area (Å²) < 4.78 is 29.8. The van der Waals surface area contributed by atoms with E-state index in [1.54, 1.807) is 6.92 Å². The Morgan fingerprint density at radius 1 is 1.61 bits per heavy atom. The summed E-state index contributed by atoms with van der Waals surface area (Å²) in [6.45, 7) is 2.97. The van der Waals surface area contributed by atoms with E-state index in [-0.39, 0.29) is 25.3 Å². The lowest BCUT2D eigenvalue weighted by Gasteiger charge is -2.30. The van der Waals surface area contributed by atoms with Gasteiger partial charge in [0, 0.05) is 19.6 Å². The third-order valence-corrected chi connectivity index (χ3v) is 4.44. The zero-order chi connectivity index (χ0) is 13.6. The average Bonchev–Trinajstić information content (AvgIpc) is 2.37. The molecule has 1 atom stereocenters. The maximum atomic E-state index is 12.0. The van der Waals surface area contributed by atoms with E-state index in [2.05, 4.69) is 10.1 Å². The summed E-state index contributed by atoms with van der Waals surface area (Å²) in [5.74, 6) is -0.853. The lowest BCUT2D eigenvalue weighted by Crippen LogP contribution is -2.53. The summed E-state index contributed by atoms with van der Waals surface area (Å²) in [5.41, 5.74) is 0. The fraction of sp³-hybridized carbons (Fsp3) is 0.800. The van der Waals surface area contributed by atoms with Gasteiger partial charge >= 0.3 is 5.97 Å². The second kappa shape index (κ2) is 6.68. The zero-order valence-corrected chi connectivity index (χ0v) is 11.1. The van der Waals surface area contributed by atoms with Crippen LogP contribution in [-0.4, -0.2) is 56.7 Å². The van der Waals surface area contributed by atoms with Crippen molar-refractivity contribution >= 4 is 16.0 Å². The summed E-state index contributed by atoms with van der Waals surface area (Å²) in [6.07, 6.45) is -0.182. The van der Waals surface area contributed by atoms with Crippen molar-refractivity contribution in [1.82, 2.24) is 9.62 Å². The van der Waals surface area contributed by atoms with Gasteiger partial charge in [0.2, 0.25) is 10.0 Å². The highest BCUT2D eigenvalue weighted by Crippen LogP contribution is 2.11. The first-order valence-electron chi connectivity index (χ1n) is 5.76. The van der Waals surface area contributed by atoms with Crippen molar-refractivity contribution in [3.05, 3.63) is 0 Å². The van der Waals surface area contributed by atoms with Gasteiger partial charge in [-0.05, 0) is 6.92 Å². The van der Waals surface area contributed by atoms with Gasteiger partial charge in [-0.25, -0.2) is 8.42 Å². The van der Waals surface area contributed by atoms with Crippen LogP contribution < -0.4 is 5.32 Å². The van der Waals surface area contributed by atoms with Gasteiger partial charge in [-0.1, -0.05) is 0 Å². The molecule has 1 N–H and O–H groups in total. The molecular weight excluding hydrogens is 258 g/mol. The van der Waals surface area contributed by atoms with Gasteiger partial charge in [0.25, 0.3) is 0 Å². The topological polar surface area (TPSA) is 99.5 Å². The molecule has 1 unspecified atom stereocenters. The molecule has 0 amide bonds. The third-order valence-electron chi connectivity index (χ3n) is 2.57. The Labute approximate surface area is 107 Å². The summed E-state index contributed by atoms with van der Waals surface area (Å²) in [4.78, 5) is 11.1. The highest BCUT2D eigenvalue weighted by atomic mass is 32.2. The van der Waals surface area contributed by atoms with Crippen LogP contribution in [0.25, 0.3) is 0 Å². The number of nitriles is 1. The van der Waals surface area contributed by atoms with E-state index >= 15 is 0 Å². The monoisotopic (exact) mass is 275 g/mol. The standard InChI is InChI=1S/C10H17N3O4S/c1-2-17-10(14)3-6-18(15,16)13-5-4-12-8-9(13)7-11/h9,12H,2-6,8H2,1H3. The maximum absolute atomic E-state index is 12.0. The Balaban J connectivity index is 2.62. The number of esters is 1. The van der Waals surface area contributed by atoms with Crippen molar-refractivity contribution in [3.8, 4) is 6.07 Å². The molecule has 1 saturated heterocycles. The molecule has 0 spiro atoms. The van der Waals surface area contributed by atoms with E-state index < -0.39 is 22.0 Å².